The maximum Gasteiger partial charge on any atom is 0.255 e. The van der Waals surface area contributed by atoms with Crippen LogP contribution in [0.1, 0.15) is 30.6 Å². The van der Waals surface area contributed by atoms with Gasteiger partial charge in [0.05, 0.1) is 31.9 Å². The summed E-state index contributed by atoms with van der Waals surface area (Å²) in [5.74, 6) is 0.747. The monoisotopic (exact) mass is 267 g/mol. The molecule has 0 aliphatic carbocycles. The first-order valence-corrected chi connectivity index (χ1v) is 6.15. The molecule has 0 bridgehead atoms. The summed E-state index contributed by atoms with van der Waals surface area (Å²) in [6, 6.07) is 5.01. The minimum atomic E-state index is -0.648. The zero-order chi connectivity index (χ0) is 14.5. The number of carbonyl (C=O) groups excluding carboxylic acids is 1. The Morgan fingerprint density at radius 2 is 2.05 bits per heavy atom. The second-order valence-corrected chi connectivity index (χ2v) is 4.59. The minimum Gasteiger partial charge on any atom is -0.497 e. The zero-order valence-corrected chi connectivity index (χ0v) is 11.8. The van der Waals surface area contributed by atoms with E-state index in [0.29, 0.717) is 23.5 Å². The van der Waals surface area contributed by atoms with E-state index >= 15 is 0 Å². The molecule has 1 aromatic rings. The van der Waals surface area contributed by atoms with Gasteiger partial charge in [0.25, 0.3) is 5.91 Å². The Kier molecular flexibility index (Phi) is 5.18. The summed E-state index contributed by atoms with van der Waals surface area (Å²) in [4.78, 5) is 12.3. The van der Waals surface area contributed by atoms with E-state index in [0.717, 1.165) is 0 Å². The topological polar surface area (TPSA) is 67.8 Å². The Balaban J connectivity index is 3.04. The molecule has 0 heterocycles. The minimum absolute atomic E-state index is 0.123. The normalized spacial score (nSPS) is 13.5. The van der Waals surface area contributed by atoms with Crippen LogP contribution in [0.4, 0.5) is 0 Å². The Morgan fingerprint density at radius 3 is 2.53 bits per heavy atom. The number of methoxy groups -OCH3 is 2. The fourth-order valence-electron chi connectivity index (χ4n) is 1.57. The zero-order valence-electron chi connectivity index (χ0n) is 11.8. The van der Waals surface area contributed by atoms with Gasteiger partial charge in [0.1, 0.15) is 11.5 Å². The van der Waals surface area contributed by atoms with Crippen LogP contribution >= 0.6 is 0 Å². The molecule has 1 atom stereocenters. The van der Waals surface area contributed by atoms with E-state index in [1.165, 1.54) is 14.2 Å². The lowest BCUT2D eigenvalue weighted by atomic mass is 9.99. The van der Waals surface area contributed by atoms with E-state index in [-0.39, 0.29) is 12.5 Å². The van der Waals surface area contributed by atoms with Crippen LogP contribution in [-0.4, -0.2) is 37.4 Å². The number of rotatable bonds is 6. The van der Waals surface area contributed by atoms with Crippen molar-refractivity contribution < 1.29 is 19.4 Å². The highest BCUT2D eigenvalue weighted by atomic mass is 16.5. The number of carbonyl (C=O) groups is 1. The Labute approximate surface area is 113 Å². The van der Waals surface area contributed by atoms with E-state index in [2.05, 4.69) is 5.32 Å². The smallest absolute Gasteiger partial charge is 0.255 e. The molecule has 106 valence electrons. The van der Waals surface area contributed by atoms with Gasteiger partial charge >= 0.3 is 0 Å². The molecule has 0 fully saturated rings. The average Bonchev–Trinajstić information content (AvgIpc) is 2.46. The van der Waals surface area contributed by atoms with E-state index in [4.69, 9.17) is 9.47 Å². The highest BCUT2D eigenvalue weighted by molar-refractivity contribution is 5.97. The van der Waals surface area contributed by atoms with Crippen molar-refractivity contribution in [3.63, 3.8) is 0 Å². The SMILES string of the molecule is CCC(C)(CO)NC(=O)c1cc(OC)ccc1OC. The van der Waals surface area contributed by atoms with Crippen molar-refractivity contribution in [1.82, 2.24) is 5.32 Å². The van der Waals surface area contributed by atoms with Gasteiger partial charge in [0.15, 0.2) is 0 Å². The Hall–Kier alpha value is -1.75. The molecule has 0 aliphatic rings. The number of aliphatic hydroxyl groups is 1. The molecule has 1 unspecified atom stereocenters. The number of hydrogen-bond acceptors (Lipinski definition) is 4. The van der Waals surface area contributed by atoms with Crippen molar-refractivity contribution in [1.29, 1.82) is 0 Å². The average molecular weight is 267 g/mol. The molecule has 0 aromatic heterocycles. The molecule has 1 amide bonds. The number of hydrogen-bond donors (Lipinski definition) is 2. The summed E-state index contributed by atoms with van der Waals surface area (Å²) in [5, 5.41) is 12.1. The lowest BCUT2D eigenvalue weighted by Gasteiger charge is -2.27. The van der Waals surface area contributed by atoms with Crippen LogP contribution in [0.25, 0.3) is 0 Å². The van der Waals surface area contributed by atoms with Crippen LogP contribution in [0.2, 0.25) is 0 Å². The molecule has 0 saturated carbocycles. The highest BCUT2D eigenvalue weighted by Crippen LogP contribution is 2.24. The van der Waals surface area contributed by atoms with Crippen LogP contribution in [0.5, 0.6) is 11.5 Å². The van der Waals surface area contributed by atoms with E-state index in [1.54, 1.807) is 25.1 Å². The molecular weight excluding hydrogens is 246 g/mol. The van der Waals surface area contributed by atoms with E-state index in [1.807, 2.05) is 6.92 Å². The third-order valence-electron chi connectivity index (χ3n) is 3.20. The van der Waals surface area contributed by atoms with Crippen LogP contribution in [-0.2, 0) is 0 Å². The number of aliphatic hydroxyl groups excluding tert-OH is 1. The van der Waals surface area contributed by atoms with Gasteiger partial charge in [-0.25, -0.2) is 0 Å². The van der Waals surface area contributed by atoms with Gasteiger partial charge in [-0.05, 0) is 31.5 Å². The summed E-state index contributed by atoms with van der Waals surface area (Å²) in [6.45, 7) is 3.57. The Morgan fingerprint density at radius 1 is 1.37 bits per heavy atom. The predicted octanol–water partition coefficient (Wildman–Crippen LogP) is 1.59. The molecule has 1 aromatic carbocycles. The maximum absolute atomic E-state index is 12.3. The molecule has 0 saturated heterocycles. The van der Waals surface area contributed by atoms with Crippen molar-refractivity contribution >= 4 is 5.91 Å². The molecule has 2 N–H and O–H groups in total. The number of benzene rings is 1. The Bertz CT molecular complexity index is 441. The third-order valence-corrected chi connectivity index (χ3v) is 3.20. The van der Waals surface area contributed by atoms with Gasteiger partial charge in [-0.3, -0.25) is 4.79 Å². The predicted molar refractivity (Wildman–Crippen MR) is 72.8 cm³/mol. The van der Waals surface area contributed by atoms with Gasteiger partial charge in [-0.15, -0.1) is 0 Å². The molecule has 19 heavy (non-hydrogen) atoms. The molecule has 1 rings (SSSR count). The summed E-state index contributed by atoms with van der Waals surface area (Å²) in [5.41, 5.74) is -0.263. The molecule has 0 radical (unpaired) electrons. The van der Waals surface area contributed by atoms with Crippen LogP contribution in [0.3, 0.4) is 0 Å². The van der Waals surface area contributed by atoms with Gasteiger partial charge in [-0.1, -0.05) is 6.92 Å². The van der Waals surface area contributed by atoms with Crippen molar-refractivity contribution in [3.8, 4) is 11.5 Å². The highest BCUT2D eigenvalue weighted by Gasteiger charge is 2.25. The third kappa shape index (κ3) is 3.61. The fourth-order valence-corrected chi connectivity index (χ4v) is 1.57. The second-order valence-electron chi connectivity index (χ2n) is 4.59. The fraction of sp³-hybridized carbons (Fsp3) is 0.500. The van der Waals surface area contributed by atoms with Crippen molar-refractivity contribution in [2.45, 2.75) is 25.8 Å². The molecule has 5 heteroatoms. The van der Waals surface area contributed by atoms with Gasteiger partial charge in [0, 0.05) is 0 Å². The van der Waals surface area contributed by atoms with Crippen molar-refractivity contribution in [3.05, 3.63) is 23.8 Å². The second kappa shape index (κ2) is 6.43. The standard InChI is InChI=1S/C14H21NO4/c1-5-14(2,9-16)15-13(17)11-8-10(18-3)6-7-12(11)19-4/h6-8,16H,5,9H2,1-4H3,(H,15,17). The maximum atomic E-state index is 12.3. The first-order valence-electron chi connectivity index (χ1n) is 6.15. The number of nitrogens with one attached hydrogen (secondary N) is 1. The number of amides is 1. The molecule has 0 spiro atoms. The summed E-state index contributed by atoms with van der Waals surface area (Å²) in [6.07, 6.45) is 0.627. The van der Waals surface area contributed by atoms with Crippen molar-refractivity contribution in [2.24, 2.45) is 0 Å². The van der Waals surface area contributed by atoms with Gasteiger partial charge in [0.2, 0.25) is 0 Å². The molecule has 0 aliphatic heterocycles. The van der Waals surface area contributed by atoms with Gasteiger partial charge < -0.3 is 19.9 Å². The lowest BCUT2D eigenvalue weighted by molar-refractivity contribution is 0.0844. The molecular formula is C14H21NO4. The van der Waals surface area contributed by atoms with Crippen LogP contribution < -0.4 is 14.8 Å². The molecule has 5 nitrogen and oxygen atoms in total. The first kappa shape index (κ1) is 15.3. The van der Waals surface area contributed by atoms with Gasteiger partial charge in [-0.2, -0.15) is 0 Å². The van der Waals surface area contributed by atoms with E-state index < -0.39 is 5.54 Å². The van der Waals surface area contributed by atoms with Crippen molar-refractivity contribution in [2.75, 3.05) is 20.8 Å². The largest absolute Gasteiger partial charge is 0.497 e. The summed E-state index contributed by atoms with van der Waals surface area (Å²) < 4.78 is 10.3. The van der Waals surface area contributed by atoms with Crippen LogP contribution in [0.15, 0.2) is 18.2 Å². The summed E-state index contributed by atoms with van der Waals surface area (Å²) in [7, 11) is 3.04. The summed E-state index contributed by atoms with van der Waals surface area (Å²) >= 11 is 0. The van der Waals surface area contributed by atoms with Crippen LogP contribution in [0, 0.1) is 0 Å². The number of ether oxygens (including phenoxy) is 2. The quantitative estimate of drug-likeness (QED) is 0.821. The lowest BCUT2D eigenvalue weighted by Crippen LogP contribution is -2.48. The first-order chi connectivity index (χ1) is 8.99. The van der Waals surface area contributed by atoms with E-state index in [9.17, 15) is 9.90 Å².